The van der Waals surface area contributed by atoms with Gasteiger partial charge in [0.1, 0.15) is 0 Å². The minimum Gasteiger partial charge on any atom is -0.386 e. The molecule has 1 N–H and O–H groups in total. The maximum atomic E-state index is 12.1. The summed E-state index contributed by atoms with van der Waals surface area (Å²) in [6, 6.07) is 4.81. The molecule has 1 amide bonds. The highest BCUT2D eigenvalue weighted by atomic mass is 35.5. The van der Waals surface area contributed by atoms with Gasteiger partial charge < -0.3 is 10.0 Å². The van der Waals surface area contributed by atoms with Crippen molar-refractivity contribution >= 4 is 29.1 Å². The van der Waals surface area contributed by atoms with E-state index in [9.17, 15) is 9.90 Å². The van der Waals surface area contributed by atoms with Crippen LogP contribution in [0.1, 0.15) is 30.1 Å². The predicted molar refractivity (Wildman–Crippen MR) is 72.2 cm³/mol. The Balaban J connectivity index is 2.03. The Morgan fingerprint density at radius 1 is 1.39 bits per heavy atom. The van der Waals surface area contributed by atoms with Gasteiger partial charge in [0, 0.05) is 5.56 Å². The SMILES string of the molecule is CCCC1(O)CN(C(=O)c2ccc(Cl)c(Cl)c2)C1. The molecule has 1 saturated heterocycles. The van der Waals surface area contributed by atoms with Crippen LogP contribution >= 0.6 is 23.2 Å². The van der Waals surface area contributed by atoms with Crippen molar-refractivity contribution < 1.29 is 9.90 Å². The Labute approximate surface area is 116 Å². The number of hydrogen-bond donors (Lipinski definition) is 1. The van der Waals surface area contributed by atoms with E-state index in [0.29, 0.717) is 28.7 Å². The molecule has 0 bridgehead atoms. The van der Waals surface area contributed by atoms with Gasteiger partial charge in [0.05, 0.1) is 28.7 Å². The number of nitrogens with zero attached hydrogens (tertiary/aromatic N) is 1. The lowest BCUT2D eigenvalue weighted by atomic mass is 9.89. The van der Waals surface area contributed by atoms with Crippen LogP contribution < -0.4 is 0 Å². The highest BCUT2D eigenvalue weighted by Crippen LogP contribution is 2.29. The zero-order valence-corrected chi connectivity index (χ0v) is 11.6. The fraction of sp³-hybridized carbons (Fsp3) is 0.462. The first-order valence-corrected chi connectivity index (χ1v) is 6.67. The fourth-order valence-electron chi connectivity index (χ4n) is 2.24. The zero-order chi connectivity index (χ0) is 13.3. The van der Waals surface area contributed by atoms with Crippen LogP contribution in [0.3, 0.4) is 0 Å². The summed E-state index contributed by atoms with van der Waals surface area (Å²) in [5.41, 5.74) is -0.205. The largest absolute Gasteiger partial charge is 0.386 e. The van der Waals surface area contributed by atoms with Crippen molar-refractivity contribution in [3.05, 3.63) is 33.8 Å². The van der Waals surface area contributed by atoms with Crippen LogP contribution in [0.4, 0.5) is 0 Å². The zero-order valence-electron chi connectivity index (χ0n) is 10.1. The number of amides is 1. The molecule has 0 saturated carbocycles. The van der Waals surface area contributed by atoms with E-state index in [1.165, 1.54) is 0 Å². The van der Waals surface area contributed by atoms with Crippen LogP contribution in [0.15, 0.2) is 18.2 Å². The summed E-state index contributed by atoms with van der Waals surface area (Å²) < 4.78 is 0. The van der Waals surface area contributed by atoms with Gasteiger partial charge in [0.2, 0.25) is 0 Å². The van der Waals surface area contributed by atoms with E-state index < -0.39 is 5.60 Å². The molecule has 0 aliphatic carbocycles. The van der Waals surface area contributed by atoms with Crippen molar-refractivity contribution in [1.82, 2.24) is 4.90 Å². The van der Waals surface area contributed by atoms with Gasteiger partial charge in [-0.1, -0.05) is 36.5 Å². The third-order valence-electron chi connectivity index (χ3n) is 3.14. The number of halogens is 2. The van der Waals surface area contributed by atoms with Crippen LogP contribution in [-0.4, -0.2) is 34.6 Å². The molecule has 1 fully saturated rings. The van der Waals surface area contributed by atoms with Crippen LogP contribution in [-0.2, 0) is 0 Å². The van der Waals surface area contributed by atoms with Gasteiger partial charge in [-0.15, -0.1) is 0 Å². The fourth-order valence-corrected chi connectivity index (χ4v) is 2.54. The van der Waals surface area contributed by atoms with E-state index >= 15 is 0 Å². The molecular weight excluding hydrogens is 273 g/mol. The Bertz CT molecular complexity index is 470. The van der Waals surface area contributed by atoms with Crippen molar-refractivity contribution in [1.29, 1.82) is 0 Å². The second-order valence-electron chi connectivity index (χ2n) is 4.76. The molecular formula is C13H15Cl2NO2. The lowest BCUT2D eigenvalue weighted by Crippen LogP contribution is -2.63. The quantitative estimate of drug-likeness (QED) is 0.929. The number of benzene rings is 1. The summed E-state index contributed by atoms with van der Waals surface area (Å²) in [5, 5.41) is 10.8. The van der Waals surface area contributed by atoms with Crippen LogP contribution in [0.25, 0.3) is 0 Å². The van der Waals surface area contributed by atoms with Gasteiger partial charge in [-0.3, -0.25) is 4.79 Å². The lowest BCUT2D eigenvalue weighted by molar-refractivity contribution is -0.0860. The number of β-amino-alcohol motifs (C(OH)–C–C–N with tert-alkyl or cyclic N) is 1. The summed E-state index contributed by atoms with van der Waals surface area (Å²) in [6.45, 7) is 2.79. The molecule has 18 heavy (non-hydrogen) atoms. The number of carbonyl (C=O) groups excluding carboxylic acids is 1. The molecule has 0 radical (unpaired) electrons. The van der Waals surface area contributed by atoms with Gasteiger partial charge in [-0.2, -0.15) is 0 Å². The Kier molecular flexibility index (Phi) is 3.85. The lowest BCUT2D eigenvalue weighted by Gasteiger charge is -2.46. The third-order valence-corrected chi connectivity index (χ3v) is 3.88. The molecule has 0 spiro atoms. The second kappa shape index (κ2) is 5.08. The predicted octanol–water partition coefficient (Wildman–Crippen LogP) is 2.98. The van der Waals surface area contributed by atoms with E-state index in [-0.39, 0.29) is 5.91 Å². The minimum atomic E-state index is -0.708. The van der Waals surface area contributed by atoms with E-state index in [4.69, 9.17) is 23.2 Å². The Hall–Kier alpha value is -0.770. The molecule has 1 aliphatic rings. The number of hydrogen-bond acceptors (Lipinski definition) is 2. The van der Waals surface area contributed by atoms with Crippen molar-refractivity contribution in [2.45, 2.75) is 25.4 Å². The molecule has 1 aromatic carbocycles. The molecule has 2 rings (SSSR count). The minimum absolute atomic E-state index is 0.116. The molecule has 0 unspecified atom stereocenters. The summed E-state index contributed by atoms with van der Waals surface area (Å²) in [5.74, 6) is -0.116. The van der Waals surface area contributed by atoms with E-state index in [0.717, 1.165) is 12.8 Å². The van der Waals surface area contributed by atoms with E-state index in [1.807, 2.05) is 6.92 Å². The summed E-state index contributed by atoms with van der Waals surface area (Å²) in [4.78, 5) is 13.7. The molecule has 0 aromatic heterocycles. The molecule has 1 heterocycles. The molecule has 1 aliphatic heterocycles. The smallest absolute Gasteiger partial charge is 0.254 e. The molecule has 0 atom stereocenters. The van der Waals surface area contributed by atoms with Gasteiger partial charge in [0.25, 0.3) is 5.91 Å². The highest BCUT2D eigenvalue weighted by molar-refractivity contribution is 6.42. The average molecular weight is 288 g/mol. The normalized spacial score (nSPS) is 17.4. The Morgan fingerprint density at radius 3 is 2.61 bits per heavy atom. The average Bonchev–Trinajstić information content (AvgIpc) is 2.29. The highest BCUT2D eigenvalue weighted by Gasteiger charge is 2.42. The topological polar surface area (TPSA) is 40.5 Å². The summed E-state index contributed by atoms with van der Waals surface area (Å²) >= 11 is 11.7. The van der Waals surface area contributed by atoms with E-state index in [2.05, 4.69) is 0 Å². The first kappa shape index (κ1) is 13.7. The first-order valence-electron chi connectivity index (χ1n) is 5.92. The number of aliphatic hydroxyl groups is 1. The monoisotopic (exact) mass is 287 g/mol. The second-order valence-corrected chi connectivity index (χ2v) is 5.58. The summed E-state index contributed by atoms with van der Waals surface area (Å²) in [6.07, 6.45) is 1.63. The van der Waals surface area contributed by atoms with Gasteiger partial charge in [-0.25, -0.2) is 0 Å². The van der Waals surface area contributed by atoms with Gasteiger partial charge in [0.15, 0.2) is 0 Å². The number of likely N-dealkylation sites (tertiary alicyclic amines) is 1. The third kappa shape index (κ3) is 2.63. The van der Waals surface area contributed by atoms with Crippen molar-refractivity contribution in [2.24, 2.45) is 0 Å². The molecule has 5 heteroatoms. The molecule has 98 valence electrons. The molecule has 3 nitrogen and oxygen atoms in total. The van der Waals surface area contributed by atoms with Gasteiger partial charge >= 0.3 is 0 Å². The first-order chi connectivity index (χ1) is 8.45. The van der Waals surface area contributed by atoms with E-state index in [1.54, 1.807) is 23.1 Å². The maximum Gasteiger partial charge on any atom is 0.254 e. The van der Waals surface area contributed by atoms with Gasteiger partial charge in [-0.05, 0) is 24.6 Å². The Morgan fingerprint density at radius 2 is 2.06 bits per heavy atom. The maximum absolute atomic E-state index is 12.1. The summed E-state index contributed by atoms with van der Waals surface area (Å²) in [7, 11) is 0. The standard InChI is InChI=1S/C13H15Cl2NO2/c1-2-5-13(18)7-16(8-13)12(17)9-3-4-10(14)11(15)6-9/h3-4,6,18H,2,5,7-8H2,1H3. The number of rotatable bonds is 3. The van der Waals surface area contributed by atoms with Crippen LogP contribution in [0, 0.1) is 0 Å². The van der Waals surface area contributed by atoms with Crippen LogP contribution in [0.5, 0.6) is 0 Å². The number of carbonyl (C=O) groups is 1. The van der Waals surface area contributed by atoms with Crippen molar-refractivity contribution in [2.75, 3.05) is 13.1 Å². The van der Waals surface area contributed by atoms with Crippen molar-refractivity contribution in [3.8, 4) is 0 Å². The molecule has 1 aromatic rings. The van der Waals surface area contributed by atoms with Crippen LogP contribution in [0.2, 0.25) is 10.0 Å². The van der Waals surface area contributed by atoms with Crippen molar-refractivity contribution in [3.63, 3.8) is 0 Å².